The average Bonchev–Trinajstić information content (AvgIpc) is 3.17. The Kier molecular flexibility index (Phi) is 5.41. The van der Waals surface area contributed by atoms with Gasteiger partial charge in [-0.05, 0) is 59.5 Å². The number of nitrogens with one attached hydrogen (secondary N) is 1. The van der Waals surface area contributed by atoms with Crippen LogP contribution in [-0.4, -0.2) is 16.0 Å². The van der Waals surface area contributed by atoms with E-state index in [9.17, 15) is 9.90 Å². The van der Waals surface area contributed by atoms with Gasteiger partial charge in [-0.2, -0.15) is 11.3 Å². The number of thiophene rings is 1. The van der Waals surface area contributed by atoms with Gasteiger partial charge in [0.25, 0.3) is 5.91 Å². The van der Waals surface area contributed by atoms with E-state index in [4.69, 9.17) is 11.6 Å². The van der Waals surface area contributed by atoms with Crippen LogP contribution in [0.1, 0.15) is 31.1 Å². The number of nitrogens with zero attached hydrogens (tertiary/aromatic N) is 1. The van der Waals surface area contributed by atoms with Gasteiger partial charge in [0, 0.05) is 6.20 Å². The van der Waals surface area contributed by atoms with Crippen molar-refractivity contribution in [2.75, 3.05) is 0 Å². The normalized spacial score (nSPS) is 14.5. The fraction of sp³-hybridized carbons (Fsp3) is 0.200. The van der Waals surface area contributed by atoms with Gasteiger partial charge in [-0.3, -0.25) is 9.78 Å². The van der Waals surface area contributed by atoms with Crippen LogP contribution in [0.5, 0.6) is 0 Å². The minimum Gasteiger partial charge on any atom is -0.376 e. The number of aromatic nitrogens is 1. The molecule has 0 aliphatic rings. The van der Waals surface area contributed by atoms with Gasteiger partial charge in [0.05, 0.1) is 16.8 Å². The molecule has 0 saturated heterocycles. The van der Waals surface area contributed by atoms with Crippen LogP contribution in [0.4, 0.5) is 0 Å². The van der Waals surface area contributed by atoms with Crippen LogP contribution in [0.3, 0.4) is 0 Å². The summed E-state index contributed by atoms with van der Waals surface area (Å²) in [6.07, 6.45) is 1.53. The van der Waals surface area contributed by atoms with Crippen molar-refractivity contribution in [3.63, 3.8) is 0 Å². The van der Waals surface area contributed by atoms with Crippen molar-refractivity contribution >= 4 is 28.8 Å². The molecule has 2 heterocycles. The highest BCUT2D eigenvalue weighted by Crippen LogP contribution is 2.27. The lowest BCUT2D eigenvalue weighted by molar-refractivity contribution is -0.139. The van der Waals surface area contributed by atoms with Crippen LogP contribution >= 0.6 is 22.9 Å². The number of aliphatic hydroxyl groups is 1. The first-order chi connectivity index (χ1) is 12.4. The van der Waals surface area contributed by atoms with Crippen LogP contribution in [0, 0.1) is 0 Å². The third kappa shape index (κ3) is 3.96. The minimum absolute atomic E-state index is 0.351. The third-order valence-electron chi connectivity index (χ3n) is 4.29. The quantitative estimate of drug-likeness (QED) is 0.676. The van der Waals surface area contributed by atoms with E-state index < -0.39 is 11.5 Å². The van der Waals surface area contributed by atoms with Crippen molar-refractivity contribution < 1.29 is 9.90 Å². The average molecular weight is 387 g/mol. The number of halogens is 1. The lowest BCUT2D eigenvalue weighted by atomic mass is 9.93. The number of amides is 1. The molecule has 0 radical (unpaired) electrons. The highest BCUT2D eigenvalue weighted by atomic mass is 35.5. The lowest BCUT2D eigenvalue weighted by Crippen LogP contribution is -2.43. The van der Waals surface area contributed by atoms with Crippen molar-refractivity contribution in [1.82, 2.24) is 10.3 Å². The lowest BCUT2D eigenvalue weighted by Gasteiger charge is -2.25. The molecule has 6 heteroatoms. The maximum atomic E-state index is 12.6. The van der Waals surface area contributed by atoms with Crippen molar-refractivity contribution in [2.45, 2.75) is 25.5 Å². The molecule has 0 aliphatic heterocycles. The van der Waals surface area contributed by atoms with Gasteiger partial charge in [-0.25, -0.2) is 0 Å². The Morgan fingerprint density at radius 2 is 1.92 bits per heavy atom. The zero-order valence-electron chi connectivity index (χ0n) is 14.4. The topological polar surface area (TPSA) is 62.2 Å². The number of carbonyl (C=O) groups is 1. The summed E-state index contributed by atoms with van der Waals surface area (Å²) in [5.41, 5.74) is 1.73. The number of pyridine rings is 1. The monoisotopic (exact) mass is 386 g/mol. The molecule has 1 amide bonds. The van der Waals surface area contributed by atoms with Crippen LogP contribution in [0.15, 0.2) is 59.4 Å². The predicted octanol–water partition coefficient (Wildman–Crippen LogP) is 4.55. The summed E-state index contributed by atoms with van der Waals surface area (Å²) in [6.45, 7) is 3.30. The largest absolute Gasteiger partial charge is 0.376 e. The molecule has 0 bridgehead atoms. The minimum atomic E-state index is -1.64. The van der Waals surface area contributed by atoms with Crippen molar-refractivity contribution in [2.24, 2.45) is 0 Å². The van der Waals surface area contributed by atoms with Gasteiger partial charge < -0.3 is 10.4 Å². The summed E-state index contributed by atoms with van der Waals surface area (Å²) in [4.78, 5) is 16.8. The van der Waals surface area contributed by atoms with Gasteiger partial charge in [0.15, 0.2) is 5.60 Å². The summed E-state index contributed by atoms with van der Waals surface area (Å²) < 4.78 is 0. The van der Waals surface area contributed by atoms with Crippen molar-refractivity contribution in [3.05, 3.63) is 75.7 Å². The van der Waals surface area contributed by atoms with E-state index in [1.165, 1.54) is 13.1 Å². The predicted molar refractivity (Wildman–Crippen MR) is 105 cm³/mol. The molecule has 0 spiro atoms. The SMILES string of the molecule is C[C@@H](NC(=O)C(C)(O)c1ccc(-c2ccsc2)cc1)c1ccc(Cl)cn1. The Hall–Kier alpha value is -2.21. The van der Waals surface area contributed by atoms with Crippen LogP contribution < -0.4 is 5.32 Å². The highest BCUT2D eigenvalue weighted by Gasteiger charge is 2.33. The smallest absolute Gasteiger partial charge is 0.256 e. The summed E-state index contributed by atoms with van der Waals surface area (Å²) in [7, 11) is 0. The number of benzene rings is 1. The van der Waals surface area contributed by atoms with E-state index in [2.05, 4.69) is 15.7 Å². The molecule has 2 N–H and O–H groups in total. The maximum Gasteiger partial charge on any atom is 0.256 e. The number of hydrogen-bond acceptors (Lipinski definition) is 4. The Morgan fingerprint density at radius 1 is 1.19 bits per heavy atom. The molecule has 0 saturated carbocycles. The van der Waals surface area contributed by atoms with Crippen molar-refractivity contribution in [1.29, 1.82) is 0 Å². The van der Waals surface area contributed by atoms with Gasteiger partial charge in [0.2, 0.25) is 0 Å². The van der Waals surface area contributed by atoms with Crippen molar-refractivity contribution in [3.8, 4) is 11.1 Å². The Labute approximate surface area is 161 Å². The summed E-state index contributed by atoms with van der Waals surface area (Å²) in [5, 5.41) is 18.2. The Balaban J connectivity index is 1.74. The van der Waals surface area contributed by atoms with Gasteiger partial charge >= 0.3 is 0 Å². The molecule has 2 atom stereocenters. The molecule has 4 nitrogen and oxygen atoms in total. The van der Waals surface area contributed by atoms with E-state index in [0.717, 1.165) is 11.1 Å². The highest BCUT2D eigenvalue weighted by molar-refractivity contribution is 7.08. The molecule has 26 heavy (non-hydrogen) atoms. The molecule has 3 aromatic rings. The van der Waals surface area contributed by atoms with E-state index in [1.807, 2.05) is 30.5 Å². The molecular weight excluding hydrogens is 368 g/mol. The third-order valence-corrected chi connectivity index (χ3v) is 5.19. The molecular formula is C20H19ClN2O2S. The summed E-state index contributed by atoms with van der Waals surface area (Å²) >= 11 is 7.46. The molecule has 0 fully saturated rings. The van der Waals surface area contributed by atoms with Crippen LogP contribution in [-0.2, 0) is 10.4 Å². The zero-order chi connectivity index (χ0) is 18.7. The maximum absolute atomic E-state index is 12.6. The number of carbonyl (C=O) groups excluding carboxylic acids is 1. The number of hydrogen-bond donors (Lipinski definition) is 2. The van der Waals surface area contributed by atoms with Crippen LogP contribution in [0.25, 0.3) is 11.1 Å². The van der Waals surface area contributed by atoms with E-state index in [1.54, 1.807) is 35.6 Å². The second-order valence-corrected chi connectivity index (χ2v) is 7.47. The molecule has 1 aromatic carbocycles. The molecule has 2 aromatic heterocycles. The first-order valence-electron chi connectivity index (χ1n) is 8.16. The standard InChI is InChI=1S/C20H19ClN2O2S/c1-13(18-8-7-17(21)11-22-18)23-19(24)20(2,25)16-5-3-14(4-6-16)15-9-10-26-12-15/h3-13,25H,1-2H3,(H,23,24)/t13-,20?/m1/s1. The van der Waals surface area contributed by atoms with E-state index >= 15 is 0 Å². The first kappa shape index (κ1) is 18.6. The molecule has 3 rings (SSSR count). The van der Waals surface area contributed by atoms with Gasteiger partial charge in [-0.15, -0.1) is 0 Å². The van der Waals surface area contributed by atoms with Gasteiger partial charge in [-0.1, -0.05) is 35.9 Å². The number of rotatable bonds is 5. The summed E-state index contributed by atoms with van der Waals surface area (Å²) in [5.74, 6) is -0.481. The molecule has 1 unspecified atom stereocenters. The second-order valence-electron chi connectivity index (χ2n) is 6.26. The fourth-order valence-corrected chi connectivity index (χ4v) is 3.38. The van der Waals surface area contributed by atoms with E-state index in [-0.39, 0.29) is 6.04 Å². The Morgan fingerprint density at radius 3 is 2.50 bits per heavy atom. The van der Waals surface area contributed by atoms with Gasteiger partial charge in [0.1, 0.15) is 0 Å². The zero-order valence-corrected chi connectivity index (χ0v) is 16.0. The second kappa shape index (κ2) is 7.58. The summed E-state index contributed by atoms with van der Waals surface area (Å²) in [6, 6.07) is 12.5. The Bertz CT molecular complexity index is 875. The fourth-order valence-electron chi connectivity index (χ4n) is 2.60. The van der Waals surface area contributed by atoms with E-state index in [0.29, 0.717) is 16.3 Å². The molecule has 134 valence electrons. The molecule has 0 aliphatic carbocycles. The first-order valence-corrected chi connectivity index (χ1v) is 9.48. The van der Waals surface area contributed by atoms with Crippen LogP contribution in [0.2, 0.25) is 5.02 Å².